The summed E-state index contributed by atoms with van der Waals surface area (Å²) in [5.41, 5.74) is 7.02. The van der Waals surface area contributed by atoms with Crippen molar-refractivity contribution in [3.63, 3.8) is 0 Å². The van der Waals surface area contributed by atoms with Crippen molar-refractivity contribution >= 4 is 29.0 Å². The number of amides is 1. The van der Waals surface area contributed by atoms with Crippen molar-refractivity contribution in [1.82, 2.24) is 4.98 Å². The normalized spacial score (nSPS) is 11.8. The number of thioether (sulfide) groups is 1. The van der Waals surface area contributed by atoms with Crippen molar-refractivity contribution in [2.75, 3.05) is 11.1 Å². The van der Waals surface area contributed by atoms with Gasteiger partial charge in [0.25, 0.3) is 0 Å². The van der Waals surface area contributed by atoms with Crippen LogP contribution in [-0.2, 0) is 4.79 Å². The molecule has 0 bridgehead atoms. The summed E-state index contributed by atoms with van der Waals surface area (Å²) in [6.07, 6.45) is 3.43. The minimum atomic E-state index is -0.191. The Kier molecular flexibility index (Phi) is 4.41. The number of benzene rings is 1. The van der Waals surface area contributed by atoms with Gasteiger partial charge in [-0.15, -0.1) is 11.8 Å². The molecular weight excluding hydrogens is 258 g/mol. The Labute approximate surface area is 116 Å². The highest BCUT2D eigenvalue weighted by Gasteiger charge is 2.14. The second kappa shape index (κ2) is 6.24. The summed E-state index contributed by atoms with van der Waals surface area (Å²) in [7, 11) is 0. The Morgan fingerprint density at radius 1 is 1.32 bits per heavy atom. The lowest BCUT2D eigenvalue weighted by Gasteiger charge is -2.12. The number of nitrogen functional groups attached to an aromatic ring is 1. The number of nitrogens with zero attached hydrogens (tertiary/aromatic N) is 1. The molecule has 1 amide bonds. The van der Waals surface area contributed by atoms with Crippen LogP contribution in [0.4, 0.5) is 11.4 Å². The van der Waals surface area contributed by atoms with Crippen LogP contribution in [0, 0.1) is 0 Å². The molecular formula is C14H15N3OS. The van der Waals surface area contributed by atoms with Crippen molar-refractivity contribution in [1.29, 1.82) is 0 Å². The standard InChI is InChI=1S/C14H15N3OS/c1-10(19-13-5-7-16-8-6-13)14(18)17-12-4-2-3-11(15)9-12/h2-10H,15H2,1H3,(H,17,18). The predicted molar refractivity (Wildman–Crippen MR) is 79.0 cm³/mol. The van der Waals surface area contributed by atoms with Gasteiger partial charge in [0.1, 0.15) is 0 Å². The first kappa shape index (κ1) is 13.4. The summed E-state index contributed by atoms with van der Waals surface area (Å²) in [6.45, 7) is 1.87. The highest BCUT2D eigenvalue weighted by molar-refractivity contribution is 8.00. The number of carbonyl (C=O) groups excluding carboxylic acids is 1. The molecule has 0 aliphatic rings. The van der Waals surface area contributed by atoms with E-state index in [1.54, 1.807) is 24.5 Å². The summed E-state index contributed by atoms with van der Waals surface area (Å²) in [5.74, 6) is -0.0487. The third kappa shape index (κ3) is 3.99. The van der Waals surface area contributed by atoms with E-state index in [0.717, 1.165) is 4.90 Å². The first-order valence-corrected chi connectivity index (χ1v) is 6.76. The molecule has 0 radical (unpaired) electrons. The minimum absolute atomic E-state index is 0.0487. The predicted octanol–water partition coefficient (Wildman–Crippen LogP) is 2.78. The smallest absolute Gasteiger partial charge is 0.237 e. The summed E-state index contributed by atoms with van der Waals surface area (Å²) in [6, 6.07) is 10.9. The van der Waals surface area contributed by atoms with Crippen LogP contribution in [-0.4, -0.2) is 16.1 Å². The quantitative estimate of drug-likeness (QED) is 0.664. The number of nitrogens with one attached hydrogen (secondary N) is 1. The Morgan fingerprint density at radius 3 is 2.74 bits per heavy atom. The van der Waals surface area contributed by atoms with Gasteiger partial charge in [-0.3, -0.25) is 9.78 Å². The largest absolute Gasteiger partial charge is 0.399 e. The Bertz CT molecular complexity index is 560. The second-order valence-corrected chi connectivity index (χ2v) is 5.47. The number of rotatable bonds is 4. The molecule has 0 aliphatic carbocycles. The van der Waals surface area contributed by atoms with Crippen LogP contribution in [0.25, 0.3) is 0 Å². The number of carbonyl (C=O) groups is 1. The lowest BCUT2D eigenvalue weighted by molar-refractivity contribution is -0.115. The Balaban J connectivity index is 1.96. The maximum absolute atomic E-state index is 12.0. The zero-order valence-electron chi connectivity index (χ0n) is 10.5. The Morgan fingerprint density at radius 2 is 2.05 bits per heavy atom. The van der Waals surface area contributed by atoms with E-state index in [1.807, 2.05) is 31.2 Å². The molecule has 0 saturated heterocycles. The van der Waals surface area contributed by atoms with E-state index in [2.05, 4.69) is 10.3 Å². The average molecular weight is 273 g/mol. The molecule has 19 heavy (non-hydrogen) atoms. The fraction of sp³-hybridized carbons (Fsp3) is 0.143. The summed E-state index contributed by atoms with van der Waals surface area (Å²) in [5, 5.41) is 2.66. The van der Waals surface area contributed by atoms with E-state index in [9.17, 15) is 4.79 Å². The third-order valence-corrected chi connectivity index (χ3v) is 3.60. The van der Waals surface area contributed by atoms with E-state index < -0.39 is 0 Å². The van der Waals surface area contributed by atoms with Crippen LogP contribution in [0.15, 0.2) is 53.7 Å². The molecule has 1 heterocycles. The molecule has 3 N–H and O–H groups in total. The molecule has 1 aromatic carbocycles. The van der Waals surface area contributed by atoms with E-state index in [0.29, 0.717) is 11.4 Å². The molecule has 2 aromatic rings. The van der Waals surface area contributed by atoms with Crippen LogP contribution >= 0.6 is 11.8 Å². The van der Waals surface area contributed by atoms with Crippen molar-refractivity contribution < 1.29 is 4.79 Å². The molecule has 4 nitrogen and oxygen atoms in total. The third-order valence-electron chi connectivity index (χ3n) is 2.49. The van der Waals surface area contributed by atoms with Gasteiger partial charge in [0.15, 0.2) is 0 Å². The monoisotopic (exact) mass is 273 g/mol. The highest BCUT2D eigenvalue weighted by Crippen LogP contribution is 2.23. The summed E-state index contributed by atoms with van der Waals surface area (Å²) < 4.78 is 0. The van der Waals surface area contributed by atoms with E-state index >= 15 is 0 Å². The van der Waals surface area contributed by atoms with Crippen LogP contribution in [0.1, 0.15) is 6.92 Å². The summed E-state index contributed by atoms with van der Waals surface area (Å²) in [4.78, 5) is 17.0. The average Bonchev–Trinajstić information content (AvgIpc) is 2.40. The number of aromatic nitrogens is 1. The SMILES string of the molecule is CC(Sc1ccncc1)C(=O)Nc1cccc(N)c1. The van der Waals surface area contributed by atoms with Gasteiger partial charge in [0.05, 0.1) is 5.25 Å². The Hall–Kier alpha value is -2.01. The van der Waals surface area contributed by atoms with Gasteiger partial charge in [0.2, 0.25) is 5.91 Å². The van der Waals surface area contributed by atoms with Crippen LogP contribution in [0.3, 0.4) is 0 Å². The summed E-state index contributed by atoms with van der Waals surface area (Å²) >= 11 is 1.49. The molecule has 0 saturated carbocycles. The highest BCUT2D eigenvalue weighted by atomic mass is 32.2. The molecule has 0 fully saturated rings. The molecule has 98 valence electrons. The number of nitrogens with two attached hydrogens (primary N) is 1. The fourth-order valence-corrected chi connectivity index (χ4v) is 2.39. The molecule has 0 aliphatic heterocycles. The van der Waals surface area contributed by atoms with Crippen molar-refractivity contribution in [2.45, 2.75) is 17.1 Å². The first-order valence-electron chi connectivity index (χ1n) is 5.88. The van der Waals surface area contributed by atoms with Gasteiger partial charge in [0, 0.05) is 28.7 Å². The molecule has 5 heteroatoms. The van der Waals surface area contributed by atoms with E-state index in [-0.39, 0.29) is 11.2 Å². The molecule has 2 rings (SSSR count). The number of anilines is 2. The second-order valence-electron chi connectivity index (χ2n) is 4.06. The van der Waals surface area contributed by atoms with Gasteiger partial charge >= 0.3 is 0 Å². The van der Waals surface area contributed by atoms with Gasteiger partial charge in [-0.1, -0.05) is 6.07 Å². The van der Waals surface area contributed by atoms with Gasteiger partial charge < -0.3 is 11.1 Å². The molecule has 1 aromatic heterocycles. The maximum atomic E-state index is 12.0. The zero-order valence-corrected chi connectivity index (χ0v) is 11.4. The van der Waals surface area contributed by atoms with Crippen LogP contribution in [0.2, 0.25) is 0 Å². The lowest BCUT2D eigenvalue weighted by atomic mass is 10.3. The fourth-order valence-electron chi connectivity index (χ4n) is 1.53. The molecule has 1 unspecified atom stereocenters. The van der Waals surface area contributed by atoms with Crippen molar-refractivity contribution in [2.24, 2.45) is 0 Å². The zero-order chi connectivity index (χ0) is 13.7. The topological polar surface area (TPSA) is 68.0 Å². The molecule has 1 atom stereocenters. The van der Waals surface area contributed by atoms with E-state index in [1.165, 1.54) is 11.8 Å². The van der Waals surface area contributed by atoms with Gasteiger partial charge in [-0.2, -0.15) is 0 Å². The number of hydrogen-bond donors (Lipinski definition) is 2. The lowest BCUT2D eigenvalue weighted by Crippen LogP contribution is -2.22. The van der Waals surface area contributed by atoms with Crippen molar-refractivity contribution in [3.8, 4) is 0 Å². The number of hydrogen-bond acceptors (Lipinski definition) is 4. The van der Waals surface area contributed by atoms with Crippen LogP contribution in [0.5, 0.6) is 0 Å². The van der Waals surface area contributed by atoms with Gasteiger partial charge in [-0.05, 0) is 37.3 Å². The van der Waals surface area contributed by atoms with Crippen molar-refractivity contribution in [3.05, 3.63) is 48.8 Å². The maximum Gasteiger partial charge on any atom is 0.237 e. The number of pyridine rings is 1. The first-order chi connectivity index (χ1) is 9.15. The molecule has 0 spiro atoms. The van der Waals surface area contributed by atoms with Crippen LogP contribution < -0.4 is 11.1 Å². The van der Waals surface area contributed by atoms with E-state index in [4.69, 9.17) is 5.73 Å². The minimum Gasteiger partial charge on any atom is -0.399 e. The van der Waals surface area contributed by atoms with Gasteiger partial charge in [-0.25, -0.2) is 0 Å².